The van der Waals surface area contributed by atoms with E-state index in [4.69, 9.17) is 0 Å². The largest absolute Gasteiger partial charge is 0.384 e. The number of allylic oxidation sites excluding steroid dienone is 1. The van der Waals surface area contributed by atoms with Gasteiger partial charge in [0.25, 0.3) is 0 Å². The van der Waals surface area contributed by atoms with Crippen LogP contribution in [0.3, 0.4) is 0 Å². The van der Waals surface area contributed by atoms with Gasteiger partial charge in [-0.1, -0.05) is 23.8 Å². The van der Waals surface area contributed by atoms with Crippen LogP contribution >= 0.6 is 0 Å². The van der Waals surface area contributed by atoms with Crippen molar-refractivity contribution < 1.29 is 5.11 Å². The Morgan fingerprint density at radius 2 is 2.00 bits per heavy atom. The lowest BCUT2D eigenvalue weighted by Crippen LogP contribution is -2.09. The highest BCUT2D eigenvalue weighted by Gasteiger charge is 2.05. The van der Waals surface area contributed by atoms with Gasteiger partial charge in [-0.05, 0) is 31.5 Å². The molecule has 1 N–H and O–H groups in total. The van der Waals surface area contributed by atoms with E-state index in [1.54, 1.807) is 0 Å². The molecule has 1 rings (SSSR count). The third-order valence-electron chi connectivity index (χ3n) is 2.22. The molecule has 2 heteroatoms. The highest BCUT2D eigenvalue weighted by molar-refractivity contribution is 5.48. The molecule has 0 radical (unpaired) electrons. The summed E-state index contributed by atoms with van der Waals surface area (Å²) in [5.41, 5.74) is 3.16. The van der Waals surface area contributed by atoms with Gasteiger partial charge in [0.2, 0.25) is 0 Å². The number of aliphatic hydroxyl groups excluding tert-OH is 1. The summed E-state index contributed by atoms with van der Waals surface area (Å²) in [5.74, 6) is 0. The normalized spacial score (nSPS) is 12.1. The quantitative estimate of drug-likeness (QED) is 0.767. The molecule has 0 heterocycles. The first-order valence-electron chi connectivity index (χ1n) is 5.11. The second-order valence-corrected chi connectivity index (χ2v) is 4.18. The summed E-state index contributed by atoms with van der Waals surface area (Å²) in [7, 11) is 3.98. The molecular formula is C13H19NO. The number of hydrogen-bond donors (Lipinski definition) is 1. The van der Waals surface area contributed by atoms with E-state index in [1.165, 1.54) is 0 Å². The van der Waals surface area contributed by atoms with Crippen molar-refractivity contribution in [2.75, 3.05) is 19.0 Å². The van der Waals surface area contributed by atoms with Gasteiger partial charge in [-0.2, -0.15) is 0 Å². The van der Waals surface area contributed by atoms with Gasteiger partial charge in [-0.15, -0.1) is 0 Å². The highest BCUT2D eigenvalue weighted by atomic mass is 16.3. The second kappa shape index (κ2) is 4.99. The van der Waals surface area contributed by atoms with Gasteiger partial charge in [0.1, 0.15) is 0 Å². The highest BCUT2D eigenvalue weighted by Crippen LogP contribution is 2.20. The maximum atomic E-state index is 9.90. The van der Waals surface area contributed by atoms with E-state index in [9.17, 15) is 5.11 Å². The van der Waals surface area contributed by atoms with Crippen molar-refractivity contribution in [2.24, 2.45) is 0 Å². The van der Waals surface area contributed by atoms with Crippen LogP contribution in [0.2, 0.25) is 0 Å². The van der Waals surface area contributed by atoms with E-state index >= 15 is 0 Å². The van der Waals surface area contributed by atoms with E-state index in [0.29, 0.717) is 0 Å². The summed E-state index contributed by atoms with van der Waals surface area (Å²) < 4.78 is 0. The number of anilines is 1. The molecule has 0 fully saturated rings. The van der Waals surface area contributed by atoms with Gasteiger partial charge < -0.3 is 10.0 Å². The fraction of sp³-hybridized carbons (Fsp3) is 0.385. The number of benzene rings is 1. The Bertz CT molecular complexity index is 351. The lowest BCUT2D eigenvalue weighted by molar-refractivity contribution is 0.228. The number of aliphatic hydroxyl groups is 1. The lowest BCUT2D eigenvalue weighted by atomic mass is 10.1. The van der Waals surface area contributed by atoms with Crippen molar-refractivity contribution in [3.8, 4) is 0 Å². The predicted molar refractivity (Wildman–Crippen MR) is 65.2 cm³/mol. The Morgan fingerprint density at radius 3 is 2.53 bits per heavy atom. The third-order valence-corrected chi connectivity index (χ3v) is 2.22. The summed E-state index contributed by atoms with van der Waals surface area (Å²) in [6.07, 6.45) is 1.35. The molecule has 0 amide bonds. The van der Waals surface area contributed by atoms with Crippen molar-refractivity contribution in [2.45, 2.75) is 20.0 Å². The van der Waals surface area contributed by atoms with Gasteiger partial charge in [0.15, 0.2) is 0 Å². The number of hydrogen-bond acceptors (Lipinski definition) is 2. The van der Waals surface area contributed by atoms with E-state index < -0.39 is 6.10 Å². The van der Waals surface area contributed by atoms with Crippen LogP contribution in [0.15, 0.2) is 35.9 Å². The monoisotopic (exact) mass is 205 g/mol. The molecule has 0 aliphatic carbocycles. The summed E-state index contributed by atoms with van der Waals surface area (Å²) in [6.45, 7) is 3.97. The van der Waals surface area contributed by atoms with Gasteiger partial charge >= 0.3 is 0 Å². The smallest absolute Gasteiger partial charge is 0.0974 e. The molecule has 0 aromatic heterocycles. The van der Waals surface area contributed by atoms with Gasteiger partial charge in [0.05, 0.1) is 6.10 Å². The molecule has 1 unspecified atom stereocenters. The molecular weight excluding hydrogens is 186 g/mol. The molecule has 82 valence electrons. The first-order chi connectivity index (χ1) is 7.00. The Labute approximate surface area is 91.9 Å². The van der Waals surface area contributed by atoms with Gasteiger partial charge in [0, 0.05) is 19.8 Å². The number of nitrogens with zero attached hydrogens (tertiary/aromatic N) is 1. The molecule has 2 nitrogen and oxygen atoms in total. The zero-order valence-corrected chi connectivity index (χ0v) is 9.86. The van der Waals surface area contributed by atoms with Crippen LogP contribution in [0.5, 0.6) is 0 Å². The molecule has 1 aromatic rings. The molecule has 0 bridgehead atoms. The predicted octanol–water partition coefficient (Wildman–Crippen LogP) is 2.75. The van der Waals surface area contributed by atoms with Gasteiger partial charge in [-0.25, -0.2) is 0 Å². The Balaban J connectivity index is 2.95. The van der Waals surface area contributed by atoms with Crippen molar-refractivity contribution in [3.63, 3.8) is 0 Å². The summed E-state index contributed by atoms with van der Waals surface area (Å²) in [5, 5.41) is 9.90. The number of rotatable bonds is 3. The fourth-order valence-electron chi connectivity index (χ4n) is 1.40. The Morgan fingerprint density at radius 1 is 1.33 bits per heavy atom. The van der Waals surface area contributed by atoms with Crippen molar-refractivity contribution >= 4 is 5.69 Å². The SMILES string of the molecule is CC(C)=CC(O)c1cccc(N(C)C)c1. The van der Waals surface area contributed by atoms with Crippen molar-refractivity contribution in [1.82, 2.24) is 0 Å². The van der Waals surface area contributed by atoms with E-state index in [0.717, 1.165) is 16.8 Å². The minimum atomic E-state index is -0.505. The van der Waals surface area contributed by atoms with E-state index in [-0.39, 0.29) is 0 Å². The Kier molecular flexibility index (Phi) is 3.92. The third kappa shape index (κ3) is 3.40. The minimum absolute atomic E-state index is 0.505. The topological polar surface area (TPSA) is 23.5 Å². The average Bonchev–Trinajstić information content (AvgIpc) is 2.17. The van der Waals surface area contributed by atoms with Crippen LogP contribution in [-0.2, 0) is 0 Å². The van der Waals surface area contributed by atoms with Crippen LogP contribution in [0, 0.1) is 0 Å². The molecule has 0 aliphatic rings. The first kappa shape index (κ1) is 11.8. The van der Waals surface area contributed by atoms with Crippen LogP contribution in [0.1, 0.15) is 25.5 Å². The van der Waals surface area contributed by atoms with E-state index in [2.05, 4.69) is 0 Å². The Hall–Kier alpha value is -1.28. The standard InChI is InChI=1S/C13H19NO/c1-10(2)8-13(15)11-6-5-7-12(9-11)14(3)4/h5-9,13,15H,1-4H3. The zero-order valence-electron chi connectivity index (χ0n) is 9.86. The van der Waals surface area contributed by atoms with Crippen LogP contribution in [-0.4, -0.2) is 19.2 Å². The van der Waals surface area contributed by atoms with Crippen LogP contribution in [0.25, 0.3) is 0 Å². The van der Waals surface area contributed by atoms with Gasteiger partial charge in [-0.3, -0.25) is 0 Å². The molecule has 0 saturated carbocycles. The summed E-state index contributed by atoms with van der Waals surface area (Å²) in [6, 6.07) is 7.94. The average molecular weight is 205 g/mol. The van der Waals surface area contributed by atoms with Crippen LogP contribution in [0.4, 0.5) is 5.69 Å². The minimum Gasteiger partial charge on any atom is -0.384 e. The summed E-state index contributed by atoms with van der Waals surface area (Å²) in [4.78, 5) is 2.03. The molecule has 0 aliphatic heterocycles. The maximum absolute atomic E-state index is 9.90. The second-order valence-electron chi connectivity index (χ2n) is 4.18. The zero-order chi connectivity index (χ0) is 11.4. The van der Waals surface area contributed by atoms with Crippen molar-refractivity contribution in [3.05, 3.63) is 41.5 Å². The molecule has 0 saturated heterocycles. The molecule has 1 atom stereocenters. The molecule has 0 spiro atoms. The van der Waals surface area contributed by atoms with E-state index in [1.807, 2.05) is 63.2 Å². The first-order valence-corrected chi connectivity index (χ1v) is 5.11. The molecule has 15 heavy (non-hydrogen) atoms. The lowest BCUT2D eigenvalue weighted by Gasteiger charge is -2.15. The fourth-order valence-corrected chi connectivity index (χ4v) is 1.40. The summed E-state index contributed by atoms with van der Waals surface area (Å²) >= 11 is 0. The maximum Gasteiger partial charge on any atom is 0.0974 e. The van der Waals surface area contributed by atoms with Crippen molar-refractivity contribution in [1.29, 1.82) is 0 Å². The molecule has 1 aromatic carbocycles. The van der Waals surface area contributed by atoms with Crippen LogP contribution < -0.4 is 4.90 Å².